The van der Waals surface area contributed by atoms with Crippen molar-refractivity contribution in [3.8, 4) is 0 Å². The van der Waals surface area contributed by atoms with Crippen LogP contribution >= 0.6 is 0 Å². The second kappa shape index (κ2) is 4.32. The van der Waals surface area contributed by atoms with E-state index >= 15 is 0 Å². The van der Waals surface area contributed by atoms with Gasteiger partial charge in [-0.2, -0.15) is 0 Å². The number of benzene rings is 1. The summed E-state index contributed by atoms with van der Waals surface area (Å²) in [4.78, 5) is 2.33. The molecule has 1 heterocycles. The minimum Gasteiger partial charge on any atom is -0.362 e. The van der Waals surface area contributed by atoms with Crippen molar-refractivity contribution in [3.63, 3.8) is 0 Å². The van der Waals surface area contributed by atoms with Crippen molar-refractivity contribution in [2.75, 3.05) is 11.4 Å². The van der Waals surface area contributed by atoms with Crippen molar-refractivity contribution in [2.45, 2.75) is 19.8 Å². The Bertz CT molecular complexity index is 328. The number of unbranched alkanes of at least 4 members (excludes halogenated alkanes) is 1. The van der Waals surface area contributed by atoms with Crippen LogP contribution in [0.5, 0.6) is 0 Å². The lowest BCUT2D eigenvalue weighted by Crippen LogP contribution is -2.22. The standard InChI is InChI=1S/C13H16N/c1-2-3-10-14-11-6-8-12-7-4-5-9-13(12)14/h4-10H,2-3,11H2,1H3. The molecule has 0 unspecified atom stereocenters. The Kier molecular flexibility index (Phi) is 2.87. The Balaban J connectivity index is 2.18. The molecule has 0 N–H and O–H groups in total. The predicted octanol–water partition coefficient (Wildman–Crippen LogP) is 3.48. The molecule has 14 heavy (non-hydrogen) atoms. The van der Waals surface area contributed by atoms with Gasteiger partial charge in [0, 0.05) is 18.8 Å². The minimum absolute atomic E-state index is 1.01. The first-order valence-corrected chi connectivity index (χ1v) is 5.27. The Morgan fingerprint density at radius 2 is 2.21 bits per heavy atom. The van der Waals surface area contributed by atoms with E-state index < -0.39 is 0 Å². The molecule has 0 aromatic heterocycles. The molecule has 0 spiro atoms. The monoisotopic (exact) mass is 186 g/mol. The van der Waals surface area contributed by atoms with Gasteiger partial charge in [-0.05, 0) is 18.1 Å². The van der Waals surface area contributed by atoms with Crippen molar-refractivity contribution in [1.82, 2.24) is 0 Å². The first-order chi connectivity index (χ1) is 6.92. The van der Waals surface area contributed by atoms with Crippen LogP contribution in [0.25, 0.3) is 6.08 Å². The lowest BCUT2D eigenvalue weighted by Gasteiger charge is -2.27. The highest BCUT2D eigenvalue weighted by atomic mass is 15.1. The number of rotatable bonds is 3. The highest BCUT2D eigenvalue weighted by molar-refractivity contribution is 5.71. The number of para-hydroxylation sites is 1. The zero-order valence-electron chi connectivity index (χ0n) is 8.61. The average Bonchev–Trinajstić information content (AvgIpc) is 2.26. The van der Waals surface area contributed by atoms with Gasteiger partial charge in [0.15, 0.2) is 0 Å². The molecule has 0 saturated heterocycles. The topological polar surface area (TPSA) is 3.24 Å². The van der Waals surface area contributed by atoms with Crippen molar-refractivity contribution in [3.05, 3.63) is 42.4 Å². The molecule has 1 aliphatic rings. The molecule has 73 valence electrons. The lowest BCUT2D eigenvalue weighted by atomic mass is 10.1. The molecule has 2 rings (SSSR count). The molecule has 0 atom stereocenters. The van der Waals surface area contributed by atoms with Crippen LogP contribution < -0.4 is 4.90 Å². The number of hydrogen-bond donors (Lipinski definition) is 0. The summed E-state index contributed by atoms with van der Waals surface area (Å²) in [6.07, 6.45) is 6.78. The Morgan fingerprint density at radius 1 is 1.36 bits per heavy atom. The van der Waals surface area contributed by atoms with Gasteiger partial charge >= 0.3 is 0 Å². The second-order valence-corrected chi connectivity index (χ2v) is 3.58. The van der Waals surface area contributed by atoms with E-state index in [9.17, 15) is 0 Å². The van der Waals surface area contributed by atoms with Gasteiger partial charge in [-0.15, -0.1) is 0 Å². The van der Waals surface area contributed by atoms with E-state index in [2.05, 4.69) is 54.8 Å². The molecular weight excluding hydrogens is 170 g/mol. The van der Waals surface area contributed by atoms with E-state index in [4.69, 9.17) is 0 Å². The molecule has 0 amide bonds. The first kappa shape index (κ1) is 9.32. The predicted molar refractivity (Wildman–Crippen MR) is 62.0 cm³/mol. The van der Waals surface area contributed by atoms with Gasteiger partial charge in [-0.3, -0.25) is 0 Å². The molecular formula is C13H16N. The van der Waals surface area contributed by atoms with E-state index in [0.29, 0.717) is 0 Å². The third-order valence-corrected chi connectivity index (χ3v) is 2.48. The molecule has 1 nitrogen and oxygen atoms in total. The lowest BCUT2D eigenvalue weighted by molar-refractivity contribution is 0.830. The fourth-order valence-corrected chi connectivity index (χ4v) is 1.74. The highest BCUT2D eigenvalue weighted by Crippen LogP contribution is 2.26. The van der Waals surface area contributed by atoms with Crippen molar-refractivity contribution >= 4 is 11.8 Å². The fourth-order valence-electron chi connectivity index (χ4n) is 1.74. The number of fused-ring (bicyclic) bond motifs is 1. The van der Waals surface area contributed by atoms with Crippen LogP contribution in [-0.4, -0.2) is 6.54 Å². The van der Waals surface area contributed by atoms with Crippen molar-refractivity contribution in [1.29, 1.82) is 0 Å². The van der Waals surface area contributed by atoms with Gasteiger partial charge in [-0.25, -0.2) is 0 Å². The van der Waals surface area contributed by atoms with Gasteiger partial charge in [0.1, 0.15) is 0 Å². The summed E-state index contributed by atoms with van der Waals surface area (Å²) >= 11 is 0. The third-order valence-electron chi connectivity index (χ3n) is 2.48. The molecule has 0 saturated carbocycles. The van der Waals surface area contributed by atoms with Gasteiger partial charge in [0.25, 0.3) is 0 Å². The van der Waals surface area contributed by atoms with Crippen LogP contribution in [-0.2, 0) is 0 Å². The summed E-state index contributed by atoms with van der Waals surface area (Å²) in [6.45, 7) is 5.52. The Hall–Kier alpha value is -1.24. The van der Waals surface area contributed by atoms with Gasteiger partial charge in [-0.1, -0.05) is 43.7 Å². The first-order valence-electron chi connectivity index (χ1n) is 5.27. The number of anilines is 1. The van der Waals surface area contributed by atoms with Gasteiger partial charge in [0.2, 0.25) is 0 Å². The zero-order valence-corrected chi connectivity index (χ0v) is 8.61. The summed E-state index contributed by atoms with van der Waals surface area (Å²) in [6, 6.07) is 8.54. The quantitative estimate of drug-likeness (QED) is 0.698. The maximum absolute atomic E-state index is 2.33. The Morgan fingerprint density at radius 3 is 3.07 bits per heavy atom. The van der Waals surface area contributed by atoms with Gasteiger partial charge < -0.3 is 4.90 Å². The maximum Gasteiger partial charge on any atom is 0.0497 e. The summed E-state index contributed by atoms with van der Waals surface area (Å²) < 4.78 is 0. The molecule has 1 radical (unpaired) electrons. The van der Waals surface area contributed by atoms with E-state index in [1.165, 1.54) is 17.7 Å². The summed E-state index contributed by atoms with van der Waals surface area (Å²) in [7, 11) is 0. The molecule has 1 aromatic rings. The summed E-state index contributed by atoms with van der Waals surface area (Å²) in [5.41, 5.74) is 2.66. The largest absolute Gasteiger partial charge is 0.362 e. The van der Waals surface area contributed by atoms with Crippen LogP contribution in [0, 0.1) is 6.54 Å². The van der Waals surface area contributed by atoms with E-state index in [1.54, 1.807) is 0 Å². The van der Waals surface area contributed by atoms with Crippen molar-refractivity contribution < 1.29 is 0 Å². The fraction of sp³-hybridized carbons (Fsp3) is 0.308. The van der Waals surface area contributed by atoms with Crippen LogP contribution in [0.3, 0.4) is 0 Å². The third kappa shape index (κ3) is 1.82. The van der Waals surface area contributed by atoms with Crippen LogP contribution in [0.1, 0.15) is 25.3 Å². The molecule has 1 aliphatic heterocycles. The van der Waals surface area contributed by atoms with Crippen LogP contribution in [0.15, 0.2) is 30.3 Å². The molecule has 1 aromatic carbocycles. The Labute approximate surface area is 86.1 Å². The number of hydrogen-bond acceptors (Lipinski definition) is 1. The molecule has 0 aliphatic carbocycles. The highest BCUT2D eigenvalue weighted by Gasteiger charge is 2.11. The molecule has 0 bridgehead atoms. The smallest absolute Gasteiger partial charge is 0.0497 e. The van der Waals surface area contributed by atoms with Gasteiger partial charge in [0.05, 0.1) is 0 Å². The zero-order chi connectivity index (χ0) is 9.80. The second-order valence-electron chi connectivity index (χ2n) is 3.58. The minimum atomic E-state index is 1.01. The SMILES string of the molecule is CCC[CH]N1CC=Cc2ccccc21. The van der Waals surface area contributed by atoms with Crippen LogP contribution in [0.4, 0.5) is 5.69 Å². The maximum atomic E-state index is 2.33. The van der Waals surface area contributed by atoms with E-state index in [1.807, 2.05) is 0 Å². The molecule has 1 heteroatoms. The normalized spacial score (nSPS) is 14.2. The summed E-state index contributed by atoms with van der Waals surface area (Å²) in [5.74, 6) is 0. The van der Waals surface area contributed by atoms with E-state index in [0.717, 1.165) is 13.0 Å². The average molecular weight is 186 g/mol. The van der Waals surface area contributed by atoms with E-state index in [-0.39, 0.29) is 0 Å². The van der Waals surface area contributed by atoms with Crippen molar-refractivity contribution in [2.24, 2.45) is 0 Å². The van der Waals surface area contributed by atoms with Crippen LogP contribution in [0.2, 0.25) is 0 Å². The molecule has 0 fully saturated rings. The summed E-state index contributed by atoms with van der Waals surface area (Å²) in [5, 5.41) is 0. The number of nitrogens with zero attached hydrogens (tertiary/aromatic N) is 1.